The van der Waals surface area contributed by atoms with Gasteiger partial charge in [-0.05, 0) is 52.8 Å². The molecule has 0 aliphatic carbocycles. The smallest absolute Gasteiger partial charge is 0.324 e. The van der Waals surface area contributed by atoms with Gasteiger partial charge in [-0.1, -0.05) is 30.3 Å². The lowest BCUT2D eigenvalue weighted by Gasteiger charge is -2.33. The predicted molar refractivity (Wildman–Crippen MR) is 119 cm³/mol. The van der Waals surface area contributed by atoms with Crippen LogP contribution in [0.3, 0.4) is 0 Å². The second-order valence-corrected chi connectivity index (χ2v) is 10.1. The van der Waals surface area contributed by atoms with Gasteiger partial charge >= 0.3 is 5.97 Å². The lowest BCUT2D eigenvalue weighted by Crippen LogP contribution is -2.48. The number of ether oxygens (including phenoxy) is 2. The molecule has 162 valence electrons. The lowest BCUT2D eigenvalue weighted by molar-refractivity contribution is -0.145. The van der Waals surface area contributed by atoms with Gasteiger partial charge in [0.1, 0.15) is 11.8 Å². The van der Waals surface area contributed by atoms with Crippen molar-refractivity contribution < 1.29 is 22.7 Å². The fourth-order valence-corrected chi connectivity index (χ4v) is 6.53. The number of methoxy groups -OCH3 is 2. The van der Waals surface area contributed by atoms with Gasteiger partial charge in [0.15, 0.2) is 0 Å². The first-order valence-corrected chi connectivity index (χ1v) is 12.1. The zero-order chi connectivity index (χ0) is 22.0. The molecule has 0 radical (unpaired) electrons. The zero-order valence-electron chi connectivity index (χ0n) is 17.3. The molecule has 1 aliphatic rings. The minimum absolute atomic E-state index is 0.117. The van der Waals surface area contributed by atoms with Gasteiger partial charge in [-0.2, -0.15) is 4.31 Å². The van der Waals surface area contributed by atoms with Crippen LogP contribution in [0.4, 0.5) is 0 Å². The first kappa shape index (κ1) is 21.5. The number of rotatable bonds is 6. The van der Waals surface area contributed by atoms with Crippen molar-refractivity contribution in [1.29, 1.82) is 0 Å². The summed E-state index contributed by atoms with van der Waals surface area (Å²) in [6.45, 7) is 0.142. The molecule has 6 nitrogen and oxygen atoms in total. The van der Waals surface area contributed by atoms with E-state index in [1.165, 1.54) is 47.6 Å². The van der Waals surface area contributed by atoms with E-state index in [1.807, 2.05) is 18.2 Å². The van der Waals surface area contributed by atoms with Gasteiger partial charge in [-0.15, -0.1) is 11.3 Å². The van der Waals surface area contributed by atoms with Crippen molar-refractivity contribution in [2.24, 2.45) is 0 Å². The molecule has 1 aliphatic heterocycles. The highest BCUT2D eigenvalue weighted by molar-refractivity contribution is 7.89. The fourth-order valence-electron chi connectivity index (χ4n) is 3.82. The van der Waals surface area contributed by atoms with Crippen LogP contribution < -0.4 is 4.74 Å². The van der Waals surface area contributed by atoms with Crippen LogP contribution in [0.15, 0.2) is 64.9 Å². The van der Waals surface area contributed by atoms with E-state index < -0.39 is 22.0 Å². The number of nitrogens with zero attached hydrogens (tertiary/aromatic N) is 1. The van der Waals surface area contributed by atoms with Crippen molar-refractivity contribution in [3.8, 4) is 5.75 Å². The van der Waals surface area contributed by atoms with Crippen LogP contribution in [0.2, 0.25) is 0 Å². The molecular formula is C23H23NO5S2. The summed E-state index contributed by atoms with van der Waals surface area (Å²) in [5.74, 6) is 0.00723. The van der Waals surface area contributed by atoms with Crippen LogP contribution >= 0.6 is 11.3 Å². The van der Waals surface area contributed by atoms with E-state index in [1.54, 1.807) is 12.1 Å². The van der Waals surface area contributed by atoms with Crippen molar-refractivity contribution in [3.63, 3.8) is 0 Å². The third-order valence-corrected chi connectivity index (χ3v) is 8.42. The number of carbonyl (C=O) groups excluding carboxylic acids is 1. The monoisotopic (exact) mass is 457 g/mol. The van der Waals surface area contributed by atoms with Crippen LogP contribution in [0.1, 0.15) is 21.6 Å². The summed E-state index contributed by atoms with van der Waals surface area (Å²) in [6.07, 6.45) is 1.04. The molecular weight excluding hydrogens is 434 g/mol. The largest absolute Gasteiger partial charge is 0.497 e. The summed E-state index contributed by atoms with van der Waals surface area (Å²) >= 11 is 1.54. The van der Waals surface area contributed by atoms with E-state index in [-0.39, 0.29) is 11.4 Å². The summed E-state index contributed by atoms with van der Waals surface area (Å²) in [7, 11) is -1.09. The standard InChI is InChI=1S/C23H23NO5S2/c1-28-18-8-10-19(11-9-18)31(26,27)24-14-22-20(13-21(24)23(25)29-2)17(15-30-22)12-16-6-4-3-5-7-16/h3-11,15,21H,12-14H2,1-2H3. The van der Waals surface area contributed by atoms with Crippen molar-refractivity contribution in [1.82, 2.24) is 4.31 Å². The van der Waals surface area contributed by atoms with E-state index in [4.69, 9.17) is 9.47 Å². The number of carbonyl (C=O) groups is 1. The minimum Gasteiger partial charge on any atom is -0.497 e. The summed E-state index contributed by atoms with van der Waals surface area (Å²) in [6, 6.07) is 15.4. The molecule has 2 aromatic carbocycles. The maximum Gasteiger partial charge on any atom is 0.324 e. The molecule has 2 heterocycles. The van der Waals surface area contributed by atoms with Crippen molar-refractivity contribution in [2.75, 3.05) is 14.2 Å². The second kappa shape index (κ2) is 8.82. The number of sulfonamides is 1. The van der Waals surface area contributed by atoms with Crippen molar-refractivity contribution in [2.45, 2.75) is 30.3 Å². The van der Waals surface area contributed by atoms with Gasteiger partial charge in [0.05, 0.1) is 19.1 Å². The third-order valence-electron chi connectivity index (χ3n) is 5.49. The average molecular weight is 458 g/mol. The molecule has 0 spiro atoms. The van der Waals surface area contributed by atoms with Gasteiger partial charge < -0.3 is 9.47 Å². The first-order valence-electron chi connectivity index (χ1n) is 9.80. The Hall–Kier alpha value is -2.68. The van der Waals surface area contributed by atoms with Gasteiger partial charge in [0.2, 0.25) is 10.0 Å². The molecule has 1 atom stereocenters. The maximum atomic E-state index is 13.4. The molecule has 0 saturated heterocycles. The number of hydrogen-bond donors (Lipinski definition) is 0. The van der Waals surface area contributed by atoms with Gasteiger partial charge in [-0.25, -0.2) is 8.42 Å². The SMILES string of the molecule is COC(=O)C1Cc2c(Cc3ccccc3)csc2CN1S(=O)(=O)c1ccc(OC)cc1. The molecule has 8 heteroatoms. The van der Waals surface area contributed by atoms with Crippen LogP contribution in [0, 0.1) is 0 Å². The third kappa shape index (κ3) is 4.23. The Morgan fingerprint density at radius 1 is 1.10 bits per heavy atom. The highest BCUT2D eigenvalue weighted by Crippen LogP contribution is 2.36. The molecule has 31 heavy (non-hydrogen) atoms. The van der Waals surface area contributed by atoms with Crippen molar-refractivity contribution >= 4 is 27.3 Å². The molecule has 4 rings (SSSR count). The quantitative estimate of drug-likeness (QED) is 0.529. The van der Waals surface area contributed by atoms with Crippen LogP contribution in [-0.2, 0) is 38.9 Å². The van der Waals surface area contributed by atoms with Crippen LogP contribution in [0.25, 0.3) is 0 Å². The molecule has 0 fully saturated rings. The highest BCUT2D eigenvalue weighted by Gasteiger charge is 2.41. The molecule has 0 saturated carbocycles. The minimum atomic E-state index is -3.90. The van der Waals surface area contributed by atoms with Crippen molar-refractivity contribution in [3.05, 3.63) is 81.5 Å². The highest BCUT2D eigenvalue weighted by atomic mass is 32.2. The molecule has 0 N–H and O–H groups in total. The van der Waals surface area contributed by atoms with E-state index in [0.717, 1.165) is 22.4 Å². The Balaban J connectivity index is 1.69. The molecule has 0 bridgehead atoms. The fraction of sp³-hybridized carbons (Fsp3) is 0.261. The number of benzene rings is 2. The van der Waals surface area contributed by atoms with Crippen LogP contribution in [-0.4, -0.2) is 39.0 Å². The average Bonchev–Trinajstić information content (AvgIpc) is 3.20. The Labute approximate surface area is 186 Å². The lowest BCUT2D eigenvalue weighted by atomic mass is 9.95. The first-order chi connectivity index (χ1) is 14.9. The summed E-state index contributed by atoms with van der Waals surface area (Å²) in [5, 5.41) is 2.06. The summed E-state index contributed by atoms with van der Waals surface area (Å²) in [5.41, 5.74) is 3.35. The van der Waals surface area contributed by atoms with E-state index in [2.05, 4.69) is 17.5 Å². The molecule has 1 unspecified atom stereocenters. The Bertz CT molecular complexity index is 1170. The van der Waals surface area contributed by atoms with E-state index >= 15 is 0 Å². The predicted octanol–water partition coefficient (Wildman–Crippen LogP) is 3.64. The Morgan fingerprint density at radius 2 is 1.81 bits per heavy atom. The maximum absolute atomic E-state index is 13.4. The summed E-state index contributed by atoms with van der Waals surface area (Å²) < 4.78 is 38.2. The van der Waals surface area contributed by atoms with Gasteiger partial charge in [0, 0.05) is 17.8 Å². The zero-order valence-corrected chi connectivity index (χ0v) is 18.9. The number of esters is 1. The Kier molecular flexibility index (Phi) is 6.13. The summed E-state index contributed by atoms with van der Waals surface area (Å²) in [4.78, 5) is 13.7. The second-order valence-electron chi connectivity index (χ2n) is 7.29. The normalized spacial score (nSPS) is 16.5. The number of hydrogen-bond acceptors (Lipinski definition) is 6. The molecule has 3 aromatic rings. The molecule has 1 aromatic heterocycles. The van der Waals surface area contributed by atoms with Gasteiger partial charge in [0.25, 0.3) is 0 Å². The Morgan fingerprint density at radius 3 is 2.45 bits per heavy atom. The van der Waals surface area contributed by atoms with E-state index in [9.17, 15) is 13.2 Å². The number of fused-ring (bicyclic) bond motifs is 1. The molecule has 0 amide bonds. The van der Waals surface area contributed by atoms with Gasteiger partial charge in [-0.3, -0.25) is 4.79 Å². The van der Waals surface area contributed by atoms with E-state index in [0.29, 0.717) is 12.2 Å². The van der Waals surface area contributed by atoms with Crippen LogP contribution in [0.5, 0.6) is 5.75 Å². The topological polar surface area (TPSA) is 72.9 Å². The number of thiophene rings is 1.